The maximum atomic E-state index is 6.47. The Kier molecular flexibility index (Phi) is 3.17. The maximum Gasteiger partial charge on any atom is 0.0739 e. The van der Waals surface area contributed by atoms with Crippen molar-refractivity contribution in [1.82, 2.24) is 0 Å². The summed E-state index contributed by atoms with van der Waals surface area (Å²) in [6.07, 6.45) is 18.2. The quantitative estimate of drug-likeness (QED) is 0.507. The van der Waals surface area contributed by atoms with Crippen LogP contribution in [0.3, 0.4) is 0 Å². The van der Waals surface area contributed by atoms with Crippen molar-refractivity contribution < 1.29 is 4.74 Å². The topological polar surface area (TPSA) is 9.23 Å². The highest BCUT2D eigenvalue weighted by atomic mass is 16.5. The van der Waals surface area contributed by atoms with Crippen molar-refractivity contribution in [3.63, 3.8) is 0 Å². The first-order valence-corrected chi connectivity index (χ1v) is 10.4. The lowest BCUT2D eigenvalue weighted by atomic mass is 9.47. The van der Waals surface area contributed by atoms with Crippen molar-refractivity contribution in [2.24, 2.45) is 28.6 Å². The Morgan fingerprint density at radius 2 is 1.83 bits per heavy atom. The molecule has 0 aromatic carbocycles. The van der Waals surface area contributed by atoms with Crippen LogP contribution in [0.5, 0.6) is 0 Å². The van der Waals surface area contributed by atoms with Crippen LogP contribution in [0, 0.1) is 28.6 Å². The van der Waals surface area contributed by atoms with E-state index in [4.69, 9.17) is 4.74 Å². The second kappa shape index (κ2) is 4.87. The Morgan fingerprint density at radius 3 is 2.65 bits per heavy atom. The normalized spacial score (nSPS) is 55.2. The summed E-state index contributed by atoms with van der Waals surface area (Å²) in [5.41, 5.74) is 3.13. The predicted octanol–water partition coefficient (Wildman–Crippen LogP) is 5.89. The van der Waals surface area contributed by atoms with E-state index in [2.05, 4.69) is 19.9 Å². The van der Waals surface area contributed by atoms with Crippen molar-refractivity contribution in [1.29, 1.82) is 0 Å². The van der Waals surface area contributed by atoms with Crippen LogP contribution in [0.1, 0.15) is 84.5 Å². The monoisotopic (exact) mass is 314 g/mol. The number of hydrogen-bond donors (Lipinski definition) is 0. The fraction of sp³-hybridized carbons (Fsp3) is 0.909. The second-order valence-electron chi connectivity index (χ2n) is 9.91. The highest BCUT2D eigenvalue weighted by Gasteiger charge is 2.64. The Balaban J connectivity index is 1.51. The van der Waals surface area contributed by atoms with Gasteiger partial charge in [-0.25, -0.2) is 0 Å². The number of fused-ring (bicyclic) bond motifs is 6. The van der Waals surface area contributed by atoms with Crippen molar-refractivity contribution in [3.8, 4) is 0 Å². The maximum absolute atomic E-state index is 6.47. The van der Waals surface area contributed by atoms with Crippen LogP contribution in [0.15, 0.2) is 11.6 Å². The van der Waals surface area contributed by atoms with Gasteiger partial charge in [-0.2, -0.15) is 0 Å². The summed E-state index contributed by atoms with van der Waals surface area (Å²) in [6, 6.07) is 0. The standard InChI is InChI=1S/C22H34O/c1-20-11-4-3-6-16(20)7-8-17-18(20)9-13-21(2)19(17)10-14-22(21)12-5-15-23-22/h7,17-19H,3-6,8-15H2,1-2H3. The van der Waals surface area contributed by atoms with E-state index >= 15 is 0 Å². The zero-order valence-electron chi connectivity index (χ0n) is 15.2. The fourth-order valence-corrected chi connectivity index (χ4v) is 8.14. The average molecular weight is 315 g/mol. The number of rotatable bonds is 0. The minimum Gasteiger partial charge on any atom is -0.374 e. The van der Waals surface area contributed by atoms with Crippen molar-refractivity contribution in [3.05, 3.63) is 11.6 Å². The summed E-state index contributed by atoms with van der Waals surface area (Å²) in [6.45, 7) is 6.28. The first kappa shape index (κ1) is 15.0. The van der Waals surface area contributed by atoms with Crippen LogP contribution in [-0.2, 0) is 4.74 Å². The second-order valence-corrected chi connectivity index (χ2v) is 9.91. The van der Waals surface area contributed by atoms with E-state index in [-0.39, 0.29) is 5.60 Å². The van der Waals surface area contributed by atoms with Crippen molar-refractivity contribution in [2.75, 3.05) is 6.61 Å². The Labute approximate surface area is 142 Å². The molecule has 0 amide bonds. The molecule has 4 aliphatic carbocycles. The third kappa shape index (κ3) is 1.78. The van der Waals surface area contributed by atoms with Gasteiger partial charge in [-0.3, -0.25) is 0 Å². The van der Waals surface area contributed by atoms with E-state index in [1.165, 1.54) is 70.6 Å². The predicted molar refractivity (Wildman–Crippen MR) is 94.2 cm³/mol. The molecule has 0 N–H and O–H groups in total. The minimum atomic E-state index is 0.264. The van der Waals surface area contributed by atoms with E-state index in [0.29, 0.717) is 10.8 Å². The summed E-state index contributed by atoms with van der Waals surface area (Å²) in [5, 5.41) is 0. The third-order valence-electron chi connectivity index (χ3n) is 9.41. The summed E-state index contributed by atoms with van der Waals surface area (Å²) < 4.78 is 6.47. The molecular formula is C22H34O. The molecule has 5 rings (SSSR count). The summed E-state index contributed by atoms with van der Waals surface area (Å²) in [5.74, 6) is 2.84. The Bertz CT molecular complexity index is 528. The molecule has 1 aliphatic heterocycles. The van der Waals surface area contributed by atoms with Crippen molar-refractivity contribution >= 4 is 0 Å². The minimum absolute atomic E-state index is 0.264. The zero-order chi connectivity index (χ0) is 15.7. The van der Waals surface area contributed by atoms with Crippen LogP contribution >= 0.6 is 0 Å². The van der Waals surface area contributed by atoms with Gasteiger partial charge >= 0.3 is 0 Å². The Hall–Kier alpha value is -0.300. The average Bonchev–Trinajstić information content (AvgIpc) is 3.14. The van der Waals surface area contributed by atoms with Crippen molar-refractivity contribution in [2.45, 2.75) is 90.1 Å². The third-order valence-corrected chi connectivity index (χ3v) is 9.41. The van der Waals surface area contributed by atoms with Crippen LogP contribution in [0.25, 0.3) is 0 Å². The molecule has 0 bridgehead atoms. The van der Waals surface area contributed by atoms with E-state index in [1.807, 2.05) is 5.57 Å². The molecule has 23 heavy (non-hydrogen) atoms. The van der Waals surface area contributed by atoms with Gasteiger partial charge in [0, 0.05) is 6.61 Å². The van der Waals surface area contributed by atoms with Gasteiger partial charge in [0.25, 0.3) is 0 Å². The lowest BCUT2D eigenvalue weighted by Crippen LogP contribution is -2.54. The van der Waals surface area contributed by atoms with Gasteiger partial charge in [0.05, 0.1) is 5.60 Å². The summed E-state index contributed by atoms with van der Waals surface area (Å²) >= 11 is 0. The summed E-state index contributed by atoms with van der Waals surface area (Å²) in [4.78, 5) is 0. The SMILES string of the molecule is CC12CCCCC1=CCC1C2CCC2(C)C1CCC21CCCO1. The van der Waals surface area contributed by atoms with Gasteiger partial charge in [-0.15, -0.1) is 0 Å². The molecular weight excluding hydrogens is 280 g/mol. The molecule has 0 aromatic heterocycles. The lowest BCUT2D eigenvalue weighted by molar-refractivity contribution is -0.131. The zero-order valence-corrected chi connectivity index (χ0v) is 15.2. The molecule has 1 spiro atoms. The first-order chi connectivity index (χ1) is 11.1. The molecule has 0 radical (unpaired) electrons. The van der Waals surface area contributed by atoms with Gasteiger partial charge in [0.2, 0.25) is 0 Å². The van der Waals surface area contributed by atoms with E-state index in [0.717, 1.165) is 24.4 Å². The smallest absolute Gasteiger partial charge is 0.0739 e. The molecule has 3 saturated carbocycles. The van der Waals surface area contributed by atoms with Crippen LogP contribution in [0.4, 0.5) is 0 Å². The van der Waals surface area contributed by atoms with Gasteiger partial charge in [0.1, 0.15) is 0 Å². The van der Waals surface area contributed by atoms with E-state index < -0.39 is 0 Å². The molecule has 4 fully saturated rings. The van der Waals surface area contributed by atoms with Gasteiger partial charge < -0.3 is 4.74 Å². The van der Waals surface area contributed by atoms with Gasteiger partial charge in [-0.1, -0.05) is 31.9 Å². The fourth-order valence-electron chi connectivity index (χ4n) is 8.14. The molecule has 1 heteroatoms. The first-order valence-electron chi connectivity index (χ1n) is 10.4. The molecule has 0 aromatic rings. The molecule has 1 heterocycles. The van der Waals surface area contributed by atoms with Crippen LogP contribution in [-0.4, -0.2) is 12.2 Å². The van der Waals surface area contributed by atoms with E-state index in [9.17, 15) is 0 Å². The number of hydrogen-bond acceptors (Lipinski definition) is 1. The number of allylic oxidation sites excluding steroid dienone is 2. The number of ether oxygens (including phenoxy) is 1. The van der Waals surface area contributed by atoms with Crippen LogP contribution in [0.2, 0.25) is 0 Å². The molecule has 1 nitrogen and oxygen atoms in total. The molecule has 1 saturated heterocycles. The molecule has 5 aliphatic rings. The highest BCUT2D eigenvalue weighted by Crippen LogP contribution is 2.69. The van der Waals surface area contributed by atoms with Gasteiger partial charge in [0.15, 0.2) is 0 Å². The summed E-state index contributed by atoms with van der Waals surface area (Å²) in [7, 11) is 0. The van der Waals surface area contributed by atoms with E-state index in [1.54, 1.807) is 0 Å². The highest BCUT2D eigenvalue weighted by molar-refractivity contribution is 5.25. The molecule has 6 atom stereocenters. The van der Waals surface area contributed by atoms with Crippen LogP contribution < -0.4 is 0 Å². The Morgan fingerprint density at radius 1 is 0.957 bits per heavy atom. The van der Waals surface area contributed by atoms with Gasteiger partial charge in [-0.05, 0) is 92.8 Å². The molecule has 128 valence electrons. The largest absolute Gasteiger partial charge is 0.374 e. The lowest BCUT2D eigenvalue weighted by Gasteiger charge is -2.59. The molecule has 6 unspecified atom stereocenters.